The molecule has 0 aliphatic heterocycles. The van der Waals surface area contributed by atoms with E-state index in [4.69, 9.17) is 17.3 Å². The first-order valence-corrected chi connectivity index (χ1v) is 5.63. The molecule has 0 fully saturated rings. The number of hydrogen-bond donors (Lipinski definition) is 2. The minimum absolute atomic E-state index is 0.0204. The van der Waals surface area contributed by atoms with Crippen LogP contribution in [0.5, 0.6) is 0 Å². The molecular weight excluding hydrogens is 258 g/mol. The van der Waals surface area contributed by atoms with Crippen molar-refractivity contribution in [2.75, 3.05) is 11.1 Å². The summed E-state index contributed by atoms with van der Waals surface area (Å²) in [4.78, 5) is 0. The number of para-hydroxylation sites is 1. The fraction of sp³-hybridized carbons (Fsp3) is 0.0769. The zero-order chi connectivity index (χ0) is 13.3. The van der Waals surface area contributed by atoms with Gasteiger partial charge in [-0.3, -0.25) is 0 Å². The summed E-state index contributed by atoms with van der Waals surface area (Å²) in [7, 11) is 0. The van der Waals surface area contributed by atoms with Crippen LogP contribution in [-0.2, 0) is 0 Å². The highest BCUT2D eigenvalue weighted by Crippen LogP contribution is 2.30. The van der Waals surface area contributed by atoms with E-state index in [0.717, 1.165) is 12.1 Å². The predicted octanol–water partition coefficient (Wildman–Crippen LogP) is 4.25. The summed E-state index contributed by atoms with van der Waals surface area (Å²) in [6, 6.07) is 7.14. The van der Waals surface area contributed by atoms with Gasteiger partial charge in [-0.05, 0) is 30.7 Å². The monoisotopic (exact) mass is 268 g/mol. The smallest absolute Gasteiger partial charge is 0.147 e. The minimum atomic E-state index is -0.548. The van der Waals surface area contributed by atoms with Gasteiger partial charge in [0.05, 0.1) is 22.1 Å². The SMILES string of the molecule is Cc1cc(F)c(Nc2cccc(Cl)c2N)cc1F. The van der Waals surface area contributed by atoms with Crippen molar-refractivity contribution < 1.29 is 8.78 Å². The molecule has 0 amide bonds. The van der Waals surface area contributed by atoms with Crippen molar-refractivity contribution >= 4 is 28.7 Å². The molecule has 5 heteroatoms. The lowest BCUT2D eigenvalue weighted by molar-refractivity contribution is 0.595. The Balaban J connectivity index is 2.40. The Hall–Kier alpha value is -1.81. The van der Waals surface area contributed by atoms with Crippen LogP contribution in [0.3, 0.4) is 0 Å². The van der Waals surface area contributed by atoms with Crippen molar-refractivity contribution in [3.05, 3.63) is 52.6 Å². The molecule has 3 N–H and O–H groups in total. The fourth-order valence-electron chi connectivity index (χ4n) is 1.53. The van der Waals surface area contributed by atoms with Crippen LogP contribution in [0, 0.1) is 18.6 Å². The molecule has 0 atom stereocenters. The minimum Gasteiger partial charge on any atom is -0.396 e. The van der Waals surface area contributed by atoms with E-state index in [1.807, 2.05) is 0 Å². The van der Waals surface area contributed by atoms with Crippen molar-refractivity contribution in [2.45, 2.75) is 6.92 Å². The van der Waals surface area contributed by atoms with E-state index in [1.54, 1.807) is 18.2 Å². The van der Waals surface area contributed by atoms with Gasteiger partial charge in [-0.15, -0.1) is 0 Å². The summed E-state index contributed by atoms with van der Waals surface area (Å²) in [5.41, 5.74) is 6.73. The van der Waals surface area contributed by atoms with Gasteiger partial charge in [-0.2, -0.15) is 0 Å². The highest BCUT2D eigenvalue weighted by molar-refractivity contribution is 6.33. The third-order valence-corrected chi connectivity index (χ3v) is 2.90. The van der Waals surface area contributed by atoms with Gasteiger partial charge >= 0.3 is 0 Å². The third-order valence-electron chi connectivity index (χ3n) is 2.57. The van der Waals surface area contributed by atoms with Crippen LogP contribution < -0.4 is 11.1 Å². The summed E-state index contributed by atoms with van der Waals surface area (Å²) >= 11 is 5.84. The van der Waals surface area contributed by atoms with Crippen LogP contribution in [0.15, 0.2) is 30.3 Å². The molecule has 0 aromatic heterocycles. The van der Waals surface area contributed by atoms with Crippen molar-refractivity contribution in [1.82, 2.24) is 0 Å². The average Bonchev–Trinajstić information content (AvgIpc) is 2.32. The summed E-state index contributed by atoms with van der Waals surface area (Å²) in [6.45, 7) is 1.50. The lowest BCUT2D eigenvalue weighted by atomic mass is 10.2. The zero-order valence-corrected chi connectivity index (χ0v) is 10.4. The van der Waals surface area contributed by atoms with Gasteiger partial charge in [-0.25, -0.2) is 8.78 Å². The van der Waals surface area contributed by atoms with Gasteiger partial charge in [0.2, 0.25) is 0 Å². The lowest BCUT2D eigenvalue weighted by Crippen LogP contribution is -2.00. The molecule has 2 nitrogen and oxygen atoms in total. The topological polar surface area (TPSA) is 38.0 Å². The molecule has 2 aromatic carbocycles. The summed E-state index contributed by atoms with van der Waals surface area (Å²) in [5, 5.41) is 3.08. The van der Waals surface area contributed by atoms with E-state index in [2.05, 4.69) is 5.32 Å². The van der Waals surface area contributed by atoms with Crippen LogP contribution in [0.1, 0.15) is 5.56 Å². The Morgan fingerprint density at radius 3 is 2.56 bits per heavy atom. The van der Waals surface area contributed by atoms with Crippen LogP contribution in [0.4, 0.5) is 25.8 Å². The van der Waals surface area contributed by atoms with E-state index in [9.17, 15) is 8.78 Å². The second-order valence-electron chi connectivity index (χ2n) is 3.91. The summed E-state index contributed by atoms with van der Waals surface area (Å²) < 4.78 is 27.0. The second kappa shape index (κ2) is 4.82. The van der Waals surface area contributed by atoms with E-state index in [1.165, 1.54) is 6.92 Å². The highest BCUT2D eigenvalue weighted by Gasteiger charge is 2.09. The molecular formula is C13H11ClF2N2. The largest absolute Gasteiger partial charge is 0.396 e. The molecule has 2 rings (SSSR count). The van der Waals surface area contributed by atoms with E-state index < -0.39 is 11.6 Å². The number of halogens is 3. The maximum Gasteiger partial charge on any atom is 0.147 e. The molecule has 2 aromatic rings. The third kappa shape index (κ3) is 2.38. The Morgan fingerprint density at radius 2 is 1.83 bits per heavy atom. The molecule has 0 unspecified atom stereocenters. The Labute approximate surface area is 108 Å². The second-order valence-corrected chi connectivity index (χ2v) is 4.31. The van der Waals surface area contributed by atoms with Gasteiger partial charge in [0.1, 0.15) is 11.6 Å². The number of nitrogens with one attached hydrogen (secondary N) is 1. The molecule has 0 radical (unpaired) electrons. The van der Waals surface area contributed by atoms with Crippen molar-refractivity contribution in [1.29, 1.82) is 0 Å². The van der Waals surface area contributed by atoms with Gasteiger partial charge in [0.25, 0.3) is 0 Å². The van der Waals surface area contributed by atoms with Crippen LogP contribution in [-0.4, -0.2) is 0 Å². The first-order chi connectivity index (χ1) is 8.49. The average molecular weight is 269 g/mol. The Kier molecular flexibility index (Phi) is 3.39. The molecule has 0 bridgehead atoms. The summed E-state index contributed by atoms with van der Waals surface area (Å²) in [6.07, 6.45) is 0. The molecule has 0 spiro atoms. The standard InChI is InChI=1S/C13H11ClF2N2/c1-7-5-10(16)12(6-9(7)15)18-11-4-2-3-8(14)13(11)17/h2-6,18H,17H2,1H3. The number of hydrogen-bond acceptors (Lipinski definition) is 2. The number of nitrogens with two attached hydrogens (primary N) is 1. The zero-order valence-electron chi connectivity index (χ0n) is 9.60. The molecule has 0 saturated carbocycles. The van der Waals surface area contributed by atoms with Crippen LogP contribution >= 0.6 is 11.6 Å². The number of anilines is 3. The maximum atomic E-state index is 13.6. The van der Waals surface area contributed by atoms with Crippen molar-refractivity contribution in [2.24, 2.45) is 0 Å². The number of rotatable bonds is 2. The molecule has 94 valence electrons. The van der Waals surface area contributed by atoms with Gasteiger partial charge < -0.3 is 11.1 Å². The van der Waals surface area contributed by atoms with E-state index in [0.29, 0.717) is 16.4 Å². The first kappa shape index (κ1) is 12.6. The number of aryl methyl sites for hydroxylation is 1. The first-order valence-electron chi connectivity index (χ1n) is 5.25. The van der Waals surface area contributed by atoms with Gasteiger partial charge in [0, 0.05) is 6.07 Å². The van der Waals surface area contributed by atoms with E-state index >= 15 is 0 Å². The summed E-state index contributed by atoms with van der Waals surface area (Å²) in [5.74, 6) is -1.03. The quantitative estimate of drug-likeness (QED) is 0.799. The Morgan fingerprint density at radius 1 is 1.11 bits per heavy atom. The van der Waals surface area contributed by atoms with E-state index in [-0.39, 0.29) is 11.3 Å². The normalized spacial score (nSPS) is 10.4. The van der Waals surface area contributed by atoms with Crippen molar-refractivity contribution in [3.8, 4) is 0 Å². The predicted molar refractivity (Wildman–Crippen MR) is 70.2 cm³/mol. The fourth-order valence-corrected chi connectivity index (χ4v) is 1.71. The van der Waals surface area contributed by atoms with Crippen molar-refractivity contribution in [3.63, 3.8) is 0 Å². The molecule has 0 saturated heterocycles. The molecule has 0 heterocycles. The number of nitrogen functional groups attached to an aromatic ring is 1. The number of benzene rings is 2. The van der Waals surface area contributed by atoms with Gasteiger partial charge in [-0.1, -0.05) is 17.7 Å². The van der Waals surface area contributed by atoms with Crippen LogP contribution in [0.2, 0.25) is 5.02 Å². The Bertz CT molecular complexity index is 600. The highest BCUT2D eigenvalue weighted by atomic mass is 35.5. The van der Waals surface area contributed by atoms with Gasteiger partial charge in [0.15, 0.2) is 0 Å². The molecule has 18 heavy (non-hydrogen) atoms. The molecule has 0 aliphatic carbocycles. The lowest BCUT2D eigenvalue weighted by Gasteiger charge is -2.12. The maximum absolute atomic E-state index is 13.6. The van der Waals surface area contributed by atoms with Crippen LogP contribution in [0.25, 0.3) is 0 Å². The molecule has 0 aliphatic rings.